The smallest absolute Gasteiger partial charge is 0.182 e. The summed E-state index contributed by atoms with van der Waals surface area (Å²) < 4.78 is 14.8. The SMILES string of the molecule is COc1ccc(-c2nc3c4cnn(C)c4ncn3n2)cc1COc1ccccc1Cl. The number of nitrogens with zero attached hydrogens (tertiary/aromatic N) is 6. The number of para-hydroxylation sites is 1. The second-order valence-electron chi connectivity index (χ2n) is 6.70. The Hall–Kier alpha value is -3.65. The van der Waals surface area contributed by atoms with Crippen molar-refractivity contribution in [3.8, 4) is 22.9 Å². The standard InChI is InChI=1S/C21H17ClN6O2/c1-27-20-15(10-24-27)21-25-19(26-28(21)12-23-20)13-7-8-17(29-2)14(9-13)11-30-18-6-4-3-5-16(18)22/h3-10,12H,11H2,1-2H3. The van der Waals surface area contributed by atoms with E-state index in [1.165, 1.54) is 0 Å². The van der Waals surface area contributed by atoms with Crippen molar-refractivity contribution in [2.45, 2.75) is 6.61 Å². The van der Waals surface area contributed by atoms with Crippen molar-refractivity contribution in [3.63, 3.8) is 0 Å². The lowest BCUT2D eigenvalue weighted by atomic mass is 10.1. The van der Waals surface area contributed by atoms with Gasteiger partial charge in [0.15, 0.2) is 17.1 Å². The van der Waals surface area contributed by atoms with E-state index in [0.717, 1.165) is 22.2 Å². The van der Waals surface area contributed by atoms with E-state index >= 15 is 0 Å². The van der Waals surface area contributed by atoms with Crippen LogP contribution in [0, 0.1) is 0 Å². The Morgan fingerprint density at radius 3 is 2.77 bits per heavy atom. The molecule has 3 aromatic heterocycles. The van der Waals surface area contributed by atoms with Crippen LogP contribution in [0.25, 0.3) is 28.1 Å². The molecule has 0 radical (unpaired) electrons. The molecule has 8 nitrogen and oxygen atoms in total. The zero-order valence-corrected chi connectivity index (χ0v) is 17.0. The first-order chi connectivity index (χ1) is 14.6. The molecule has 0 fully saturated rings. The highest BCUT2D eigenvalue weighted by Gasteiger charge is 2.14. The van der Waals surface area contributed by atoms with Gasteiger partial charge in [-0.3, -0.25) is 4.68 Å². The van der Waals surface area contributed by atoms with Gasteiger partial charge in [0.25, 0.3) is 0 Å². The lowest BCUT2D eigenvalue weighted by Gasteiger charge is -2.12. The predicted molar refractivity (Wildman–Crippen MR) is 113 cm³/mol. The number of aromatic nitrogens is 6. The number of halogens is 1. The number of methoxy groups -OCH3 is 1. The molecule has 0 saturated heterocycles. The third-order valence-corrected chi connectivity index (χ3v) is 5.14. The van der Waals surface area contributed by atoms with Crippen molar-refractivity contribution in [1.82, 2.24) is 29.4 Å². The summed E-state index contributed by atoms with van der Waals surface area (Å²) in [5, 5.41) is 10.2. The molecule has 0 atom stereocenters. The normalized spacial score (nSPS) is 11.3. The lowest BCUT2D eigenvalue weighted by molar-refractivity contribution is 0.297. The largest absolute Gasteiger partial charge is 0.496 e. The van der Waals surface area contributed by atoms with Gasteiger partial charge in [-0.05, 0) is 30.3 Å². The molecule has 3 heterocycles. The maximum atomic E-state index is 6.19. The number of hydrogen-bond acceptors (Lipinski definition) is 6. The Labute approximate surface area is 176 Å². The Morgan fingerprint density at radius 1 is 1.07 bits per heavy atom. The Morgan fingerprint density at radius 2 is 1.93 bits per heavy atom. The van der Waals surface area contributed by atoms with Crippen molar-refractivity contribution in [1.29, 1.82) is 0 Å². The lowest BCUT2D eigenvalue weighted by Crippen LogP contribution is -2.00. The highest BCUT2D eigenvalue weighted by Crippen LogP contribution is 2.29. The van der Waals surface area contributed by atoms with Crippen LogP contribution >= 0.6 is 11.6 Å². The van der Waals surface area contributed by atoms with E-state index in [2.05, 4.69) is 15.2 Å². The molecular weight excluding hydrogens is 404 g/mol. The average molecular weight is 421 g/mol. The van der Waals surface area contributed by atoms with Gasteiger partial charge in [0, 0.05) is 18.2 Å². The van der Waals surface area contributed by atoms with Crippen molar-refractivity contribution in [2.75, 3.05) is 7.11 Å². The zero-order chi connectivity index (χ0) is 20.7. The molecule has 0 bridgehead atoms. The van der Waals surface area contributed by atoms with E-state index < -0.39 is 0 Å². The van der Waals surface area contributed by atoms with Gasteiger partial charge < -0.3 is 9.47 Å². The summed E-state index contributed by atoms with van der Waals surface area (Å²) in [5.74, 6) is 1.91. The highest BCUT2D eigenvalue weighted by molar-refractivity contribution is 6.32. The maximum Gasteiger partial charge on any atom is 0.182 e. The third kappa shape index (κ3) is 3.11. The van der Waals surface area contributed by atoms with Crippen LogP contribution in [0.2, 0.25) is 5.02 Å². The van der Waals surface area contributed by atoms with Crippen LogP contribution in [0.5, 0.6) is 11.5 Å². The van der Waals surface area contributed by atoms with E-state index in [9.17, 15) is 0 Å². The average Bonchev–Trinajstić information content (AvgIpc) is 3.36. The fraction of sp³-hybridized carbons (Fsp3) is 0.143. The summed E-state index contributed by atoms with van der Waals surface area (Å²) in [6.07, 6.45) is 3.38. The van der Waals surface area contributed by atoms with Gasteiger partial charge in [0.1, 0.15) is 24.4 Å². The summed E-state index contributed by atoms with van der Waals surface area (Å²) in [6.45, 7) is 0.294. The maximum absolute atomic E-state index is 6.19. The molecule has 0 amide bonds. The molecule has 5 rings (SSSR count). The molecule has 0 saturated carbocycles. The number of aryl methyl sites for hydroxylation is 1. The minimum absolute atomic E-state index is 0.294. The summed E-state index contributed by atoms with van der Waals surface area (Å²) in [4.78, 5) is 9.11. The molecule has 5 aromatic rings. The van der Waals surface area contributed by atoms with Crippen LogP contribution in [-0.4, -0.2) is 36.5 Å². The van der Waals surface area contributed by atoms with Gasteiger partial charge >= 0.3 is 0 Å². The van der Waals surface area contributed by atoms with Gasteiger partial charge in [0.05, 0.1) is 23.7 Å². The molecule has 9 heteroatoms. The third-order valence-electron chi connectivity index (χ3n) is 4.83. The quantitative estimate of drug-likeness (QED) is 0.428. The molecule has 0 unspecified atom stereocenters. The minimum atomic E-state index is 0.294. The number of benzene rings is 2. The molecule has 0 N–H and O–H groups in total. The van der Waals surface area contributed by atoms with Crippen LogP contribution in [0.4, 0.5) is 0 Å². The molecular formula is C21H17ClN6O2. The van der Waals surface area contributed by atoms with Crippen molar-refractivity contribution in [3.05, 3.63) is 65.6 Å². The first-order valence-corrected chi connectivity index (χ1v) is 9.59. The van der Waals surface area contributed by atoms with Gasteiger partial charge in [-0.15, -0.1) is 5.10 Å². The zero-order valence-electron chi connectivity index (χ0n) is 16.3. The van der Waals surface area contributed by atoms with Crippen LogP contribution in [0.3, 0.4) is 0 Å². The van der Waals surface area contributed by atoms with E-state index in [0.29, 0.717) is 34.6 Å². The topological polar surface area (TPSA) is 79.4 Å². The van der Waals surface area contributed by atoms with Crippen LogP contribution < -0.4 is 9.47 Å². The van der Waals surface area contributed by atoms with E-state index in [-0.39, 0.29) is 0 Å². The highest BCUT2D eigenvalue weighted by atomic mass is 35.5. The Bertz CT molecular complexity index is 1380. The number of rotatable bonds is 5. The second-order valence-corrected chi connectivity index (χ2v) is 7.11. The summed E-state index contributed by atoms with van der Waals surface area (Å²) in [6, 6.07) is 13.1. The first-order valence-electron chi connectivity index (χ1n) is 9.22. The van der Waals surface area contributed by atoms with Gasteiger partial charge in [-0.1, -0.05) is 23.7 Å². The second kappa shape index (κ2) is 7.31. The number of fused-ring (bicyclic) bond motifs is 3. The van der Waals surface area contributed by atoms with Gasteiger partial charge in [0.2, 0.25) is 0 Å². The monoisotopic (exact) mass is 420 g/mol. The molecule has 0 spiro atoms. The van der Waals surface area contributed by atoms with E-state index in [1.807, 2.05) is 43.4 Å². The van der Waals surface area contributed by atoms with Crippen LogP contribution in [0.15, 0.2) is 55.0 Å². The summed E-state index contributed by atoms with van der Waals surface area (Å²) >= 11 is 6.19. The van der Waals surface area contributed by atoms with Gasteiger partial charge in [-0.25, -0.2) is 14.5 Å². The fourth-order valence-electron chi connectivity index (χ4n) is 3.31. The van der Waals surface area contributed by atoms with Crippen molar-refractivity contribution in [2.24, 2.45) is 7.05 Å². The predicted octanol–water partition coefficient (Wildman–Crippen LogP) is 3.92. The molecule has 0 aliphatic heterocycles. The molecule has 30 heavy (non-hydrogen) atoms. The number of hydrogen-bond donors (Lipinski definition) is 0. The van der Waals surface area contributed by atoms with Crippen LogP contribution in [-0.2, 0) is 13.7 Å². The number of ether oxygens (including phenoxy) is 2. The molecule has 0 aliphatic rings. The summed E-state index contributed by atoms with van der Waals surface area (Å²) in [5.41, 5.74) is 3.16. The van der Waals surface area contributed by atoms with E-state index in [1.54, 1.807) is 34.9 Å². The Balaban J connectivity index is 1.52. The summed E-state index contributed by atoms with van der Waals surface area (Å²) in [7, 11) is 3.47. The Kier molecular flexibility index (Phi) is 4.48. The van der Waals surface area contributed by atoms with Crippen LogP contribution in [0.1, 0.15) is 5.56 Å². The van der Waals surface area contributed by atoms with Crippen molar-refractivity contribution < 1.29 is 9.47 Å². The van der Waals surface area contributed by atoms with E-state index in [4.69, 9.17) is 26.1 Å². The minimum Gasteiger partial charge on any atom is -0.496 e. The first kappa shape index (κ1) is 18.4. The van der Waals surface area contributed by atoms with Gasteiger partial charge in [-0.2, -0.15) is 5.10 Å². The molecule has 2 aromatic carbocycles. The molecule has 150 valence electrons. The fourth-order valence-corrected chi connectivity index (χ4v) is 3.50. The van der Waals surface area contributed by atoms with Crippen molar-refractivity contribution >= 4 is 28.3 Å². The molecule has 0 aliphatic carbocycles.